The summed E-state index contributed by atoms with van der Waals surface area (Å²) in [6, 6.07) is 14.7. The van der Waals surface area contributed by atoms with Crippen molar-refractivity contribution in [1.29, 1.82) is 0 Å². The maximum atomic E-state index is 13.0. The van der Waals surface area contributed by atoms with Crippen molar-refractivity contribution in [1.82, 2.24) is 4.31 Å². The molecule has 0 N–H and O–H groups in total. The summed E-state index contributed by atoms with van der Waals surface area (Å²) in [7, 11) is -3.75. The second kappa shape index (κ2) is 9.21. The van der Waals surface area contributed by atoms with Crippen molar-refractivity contribution in [2.24, 2.45) is 0 Å². The fourth-order valence-electron chi connectivity index (χ4n) is 3.32. The van der Waals surface area contributed by atoms with Crippen LogP contribution in [0.1, 0.15) is 31.7 Å². The molecule has 2 aromatic rings. The van der Waals surface area contributed by atoms with Gasteiger partial charge in [0.05, 0.1) is 11.5 Å². The largest absolute Gasteiger partial charge is 0.493 e. The number of nitrogens with zero attached hydrogens (tertiary/aromatic N) is 1. The van der Waals surface area contributed by atoms with Crippen molar-refractivity contribution in [3.63, 3.8) is 0 Å². The second-order valence-electron chi connectivity index (χ2n) is 6.59. The third kappa shape index (κ3) is 4.54. The first-order valence-electron chi connectivity index (χ1n) is 9.48. The molecule has 6 nitrogen and oxygen atoms in total. The molecule has 0 amide bonds. The van der Waals surface area contributed by atoms with Crippen LogP contribution < -0.4 is 4.74 Å². The van der Waals surface area contributed by atoms with Crippen molar-refractivity contribution >= 4 is 16.0 Å². The normalized spacial score (nSPS) is 17.8. The van der Waals surface area contributed by atoms with E-state index < -0.39 is 22.0 Å². The predicted octanol–water partition coefficient (Wildman–Crippen LogP) is 3.37. The lowest BCUT2D eigenvalue weighted by atomic mass is 10.1. The fourth-order valence-corrected chi connectivity index (χ4v) is 4.99. The highest BCUT2D eigenvalue weighted by Crippen LogP contribution is 2.27. The van der Waals surface area contributed by atoms with E-state index in [1.165, 1.54) is 4.31 Å². The van der Waals surface area contributed by atoms with Crippen LogP contribution in [0.4, 0.5) is 0 Å². The van der Waals surface area contributed by atoms with Crippen LogP contribution in [-0.4, -0.2) is 37.9 Å². The van der Waals surface area contributed by atoms with Crippen molar-refractivity contribution < 1.29 is 22.7 Å². The summed E-state index contributed by atoms with van der Waals surface area (Å²) in [6.45, 7) is 2.76. The van der Waals surface area contributed by atoms with E-state index in [0.29, 0.717) is 25.3 Å². The van der Waals surface area contributed by atoms with E-state index in [-0.39, 0.29) is 11.5 Å². The molecule has 0 radical (unpaired) electrons. The summed E-state index contributed by atoms with van der Waals surface area (Å²) in [4.78, 5) is 13.0. The Balaban J connectivity index is 1.75. The topological polar surface area (TPSA) is 72.9 Å². The number of benzene rings is 2. The van der Waals surface area contributed by atoms with Gasteiger partial charge < -0.3 is 9.47 Å². The maximum Gasteiger partial charge on any atom is 0.324 e. The van der Waals surface area contributed by atoms with Gasteiger partial charge >= 0.3 is 5.97 Å². The monoisotopic (exact) mass is 403 g/mol. The molecule has 0 aromatic heterocycles. The van der Waals surface area contributed by atoms with Crippen molar-refractivity contribution in [3.8, 4) is 5.75 Å². The lowest BCUT2D eigenvalue weighted by Gasteiger charge is -2.33. The van der Waals surface area contributed by atoms with Crippen LogP contribution in [0.25, 0.3) is 0 Å². The molecule has 0 unspecified atom stereocenters. The third-order valence-electron chi connectivity index (χ3n) is 4.72. The number of hydrogen-bond donors (Lipinski definition) is 0. The van der Waals surface area contributed by atoms with Gasteiger partial charge in [0.25, 0.3) is 0 Å². The highest BCUT2D eigenvalue weighted by Gasteiger charge is 2.38. The zero-order chi connectivity index (χ0) is 20.0. The van der Waals surface area contributed by atoms with Crippen LogP contribution in [0.3, 0.4) is 0 Å². The Labute approximate surface area is 166 Å². The minimum atomic E-state index is -3.75. The molecule has 1 heterocycles. The summed E-state index contributed by atoms with van der Waals surface area (Å²) in [5.74, 6) is 0.140. The summed E-state index contributed by atoms with van der Waals surface area (Å²) >= 11 is 0. The molecule has 2 aromatic carbocycles. The molecule has 1 saturated heterocycles. The predicted molar refractivity (Wildman–Crippen MR) is 105 cm³/mol. The number of ether oxygens (including phenoxy) is 2. The zero-order valence-electron chi connectivity index (χ0n) is 15.9. The van der Waals surface area contributed by atoms with E-state index in [2.05, 4.69) is 0 Å². The van der Waals surface area contributed by atoms with Crippen molar-refractivity contribution in [3.05, 3.63) is 60.2 Å². The molecule has 1 fully saturated rings. The van der Waals surface area contributed by atoms with Gasteiger partial charge in [0.2, 0.25) is 10.0 Å². The van der Waals surface area contributed by atoms with Crippen molar-refractivity contribution in [2.45, 2.75) is 43.7 Å². The van der Waals surface area contributed by atoms with Gasteiger partial charge in [0, 0.05) is 12.1 Å². The number of piperidine rings is 1. The molecule has 150 valence electrons. The number of carbonyl (C=O) groups excluding carboxylic acids is 1. The average molecular weight is 404 g/mol. The quantitative estimate of drug-likeness (QED) is 0.663. The molecular weight excluding hydrogens is 378 g/mol. The van der Waals surface area contributed by atoms with Gasteiger partial charge in [-0.1, -0.05) is 36.4 Å². The van der Waals surface area contributed by atoms with Gasteiger partial charge in [-0.25, -0.2) is 8.42 Å². The van der Waals surface area contributed by atoms with Crippen LogP contribution >= 0.6 is 0 Å². The number of esters is 1. The summed E-state index contributed by atoms with van der Waals surface area (Å²) in [5, 5.41) is 0. The molecular formula is C21H25NO5S. The highest BCUT2D eigenvalue weighted by molar-refractivity contribution is 7.89. The molecule has 0 aliphatic carbocycles. The van der Waals surface area contributed by atoms with E-state index in [0.717, 1.165) is 18.4 Å². The zero-order valence-corrected chi connectivity index (χ0v) is 16.7. The molecule has 1 atom stereocenters. The summed E-state index contributed by atoms with van der Waals surface area (Å²) < 4.78 is 38.3. The molecule has 28 heavy (non-hydrogen) atoms. The van der Waals surface area contributed by atoms with Gasteiger partial charge in [0.1, 0.15) is 18.4 Å². The van der Waals surface area contributed by atoms with E-state index in [9.17, 15) is 13.2 Å². The lowest BCUT2D eigenvalue weighted by molar-refractivity contribution is -0.150. The molecule has 7 heteroatoms. The average Bonchev–Trinajstić information content (AvgIpc) is 2.74. The molecule has 0 spiro atoms. The third-order valence-corrected chi connectivity index (χ3v) is 6.64. The van der Waals surface area contributed by atoms with Gasteiger partial charge in [0.15, 0.2) is 0 Å². The highest BCUT2D eigenvalue weighted by atomic mass is 32.2. The van der Waals surface area contributed by atoms with Crippen LogP contribution in [0.15, 0.2) is 59.5 Å². The van der Waals surface area contributed by atoms with Crippen LogP contribution in [0.2, 0.25) is 0 Å². The number of para-hydroxylation sites is 1. The van der Waals surface area contributed by atoms with E-state index in [1.807, 2.05) is 31.2 Å². The molecule has 1 aliphatic rings. The smallest absolute Gasteiger partial charge is 0.324 e. The fraction of sp³-hybridized carbons (Fsp3) is 0.381. The molecule has 1 aliphatic heterocycles. The lowest BCUT2D eigenvalue weighted by Crippen LogP contribution is -2.48. The molecule has 0 bridgehead atoms. The Bertz CT molecular complexity index is 898. The van der Waals surface area contributed by atoms with Gasteiger partial charge in [-0.15, -0.1) is 0 Å². The summed E-state index contributed by atoms with van der Waals surface area (Å²) in [5.41, 5.74) is 0.756. The number of carbonyl (C=O) groups is 1. The van der Waals surface area contributed by atoms with Crippen LogP contribution in [-0.2, 0) is 26.2 Å². The Morgan fingerprint density at radius 2 is 1.79 bits per heavy atom. The first-order chi connectivity index (χ1) is 13.5. The minimum absolute atomic E-state index is 0.0464. The van der Waals surface area contributed by atoms with Crippen LogP contribution in [0, 0.1) is 0 Å². The Morgan fingerprint density at radius 1 is 1.07 bits per heavy atom. The SMILES string of the molecule is CCOc1ccccc1COC(=O)[C@@H]1CCCCN1S(=O)(=O)c1ccccc1. The van der Waals surface area contributed by atoms with E-state index >= 15 is 0 Å². The Kier molecular flexibility index (Phi) is 6.70. The summed E-state index contributed by atoms with van der Waals surface area (Å²) in [6.07, 6.45) is 1.97. The number of sulfonamides is 1. The van der Waals surface area contributed by atoms with Gasteiger partial charge in [-0.05, 0) is 44.4 Å². The maximum absolute atomic E-state index is 13.0. The van der Waals surface area contributed by atoms with E-state index in [1.54, 1.807) is 30.3 Å². The molecule has 0 saturated carbocycles. The van der Waals surface area contributed by atoms with Crippen molar-refractivity contribution in [2.75, 3.05) is 13.2 Å². The first-order valence-corrected chi connectivity index (χ1v) is 10.9. The van der Waals surface area contributed by atoms with Crippen LogP contribution in [0.5, 0.6) is 5.75 Å². The van der Waals surface area contributed by atoms with Gasteiger partial charge in [-0.2, -0.15) is 4.31 Å². The number of hydrogen-bond acceptors (Lipinski definition) is 5. The molecule has 3 rings (SSSR count). The van der Waals surface area contributed by atoms with E-state index in [4.69, 9.17) is 9.47 Å². The van der Waals surface area contributed by atoms with Gasteiger partial charge in [-0.3, -0.25) is 4.79 Å². The first kappa shape index (κ1) is 20.4. The minimum Gasteiger partial charge on any atom is -0.493 e. The standard InChI is InChI=1S/C21H25NO5S/c1-2-26-20-14-7-6-10-17(20)16-27-21(23)19-13-8-9-15-22(19)28(24,25)18-11-4-3-5-12-18/h3-7,10-12,14,19H,2,8-9,13,15-16H2,1H3/t19-/m0/s1. The Hall–Kier alpha value is -2.38. The Morgan fingerprint density at radius 3 is 2.54 bits per heavy atom. The number of rotatable bonds is 7. The second-order valence-corrected chi connectivity index (χ2v) is 8.48.